The molecule has 2 aliphatic heterocycles. The van der Waals surface area contributed by atoms with Crippen molar-refractivity contribution in [1.29, 1.82) is 10.5 Å². The maximum atomic E-state index is 14.8. The third-order valence-electron chi connectivity index (χ3n) is 7.43. The number of benzene rings is 3. The minimum absolute atomic E-state index is 0.126. The number of piperazine rings is 2. The molecule has 9 heteroatoms. The van der Waals surface area contributed by atoms with E-state index >= 15 is 0 Å². The first-order chi connectivity index (χ1) is 19.0. The Morgan fingerprint density at radius 3 is 1.77 bits per heavy atom. The lowest BCUT2D eigenvalue weighted by atomic mass is 10.1. The molecule has 0 bridgehead atoms. The molecular formula is C30H28F2N6O. The molecule has 2 fully saturated rings. The predicted octanol–water partition coefficient (Wildman–Crippen LogP) is 3.99. The van der Waals surface area contributed by atoms with Crippen LogP contribution in [0.15, 0.2) is 60.7 Å². The largest absolute Gasteiger partial charge is 0.368 e. The fourth-order valence-corrected chi connectivity index (χ4v) is 5.28. The molecule has 3 aromatic carbocycles. The first kappa shape index (κ1) is 26.1. The van der Waals surface area contributed by atoms with E-state index < -0.39 is 17.5 Å². The van der Waals surface area contributed by atoms with Crippen LogP contribution in [0.4, 0.5) is 20.2 Å². The van der Waals surface area contributed by atoms with Crippen molar-refractivity contribution in [3.05, 3.63) is 94.6 Å². The summed E-state index contributed by atoms with van der Waals surface area (Å²) in [5, 5.41) is 18.8. The van der Waals surface area contributed by atoms with Crippen LogP contribution in [0.5, 0.6) is 0 Å². The lowest BCUT2D eigenvalue weighted by Crippen LogP contribution is -2.49. The van der Waals surface area contributed by atoms with Gasteiger partial charge in [-0.25, -0.2) is 8.78 Å². The molecule has 198 valence electrons. The summed E-state index contributed by atoms with van der Waals surface area (Å²) in [6.45, 7) is 4.67. The van der Waals surface area contributed by atoms with E-state index in [1.54, 1.807) is 17.0 Å². The highest BCUT2D eigenvalue weighted by molar-refractivity contribution is 5.95. The summed E-state index contributed by atoms with van der Waals surface area (Å²) in [7, 11) is 0. The first-order valence-corrected chi connectivity index (χ1v) is 13.0. The fourth-order valence-electron chi connectivity index (χ4n) is 5.28. The van der Waals surface area contributed by atoms with Gasteiger partial charge >= 0.3 is 0 Å². The van der Waals surface area contributed by atoms with Crippen LogP contribution in [0.1, 0.15) is 27.0 Å². The zero-order valence-corrected chi connectivity index (χ0v) is 21.5. The van der Waals surface area contributed by atoms with E-state index in [1.165, 1.54) is 6.07 Å². The third kappa shape index (κ3) is 5.55. The average Bonchev–Trinajstić information content (AvgIpc) is 2.98. The highest BCUT2D eigenvalue weighted by Crippen LogP contribution is 2.25. The Balaban J connectivity index is 1.23. The molecule has 1 amide bonds. The molecule has 0 aromatic heterocycles. The van der Waals surface area contributed by atoms with Crippen LogP contribution in [0.2, 0.25) is 0 Å². The van der Waals surface area contributed by atoms with Crippen LogP contribution in [0, 0.1) is 34.3 Å². The van der Waals surface area contributed by atoms with E-state index in [1.807, 2.05) is 41.3 Å². The molecule has 2 saturated heterocycles. The quantitative estimate of drug-likeness (QED) is 0.500. The summed E-state index contributed by atoms with van der Waals surface area (Å²) in [5.41, 5.74) is 3.05. The number of para-hydroxylation sites is 2. The predicted molar refractivity (Wildman–Crippen MR) is 144 cm³/mol. The summed E-state index contributed by atoms with van der Waals surface area (Å²) in [4.78, 5) is 21.1. The number of hydrogen-bond acceptors (Lipinski definition) is 6. The molecule has 0 unspecified atom stereocenters. The van der Waals surface area contributed by atoms with E-state index in [-0.39, 0.29) is 17.7 Å². The Kier molecular flexibility index (Phi) is 7.72. The van der Waals surface area contributed by atoms with Crippen molar-refractivity contribution in [2.24, 2.45) is 0 Å². The molecule has 5 rings (SSSR count). The summed E-state index contributed by atoms with van der Waals surface area (Å²) < 4.78 is 29.6. The van der Waals surface area contributed by atoms with E-state index in [2.05, 4.69) is 21.9 Å². The van der Waals surface area contributed by atoms with Crippen LogP contribution in [-0.4, -0.2) is 68.1 Å². The van der Waals surface area contributed by atoms with Gasteiger partial charge in [-0.2, -0.15) is 10.5 Å². The standard InChI is InChI=1S/C30H28F2N6O/c31-26-18-27(32)25(30(39)38-15-13-37(14-16-38)29-8-4-2-6-23(29)20-34)17-24(26)21-35-9-11-36(12-10-35)28-7-3-1-5-22(28)19-33/h1-8,17-18H,9-16,21H2. The summed E-state index contributed by atoms with van der Waals surface area (Å²) >= 11 is 0. The molecule has 2 heterocycles. The normalized spacial score (nSPS) is 16.1. The highest BCUT2D eigenvalue weighted by Gasteiger charge is 2.27. The molecule has 0 radical (unpaired) electrons. The van der Waals surface area contributed by atoms with Crippen LogP contribution in [-0.2, 0) is 6.54 Å². The Bertz CT molecular complexity index is 1450. The van der Waals surface area contributed by atoms with Gasteiger partial charge in [0.1, 0.15) is 23.8 Å². The van der Waals surface area contributed by atoms with E-state index in [0.717, 1.165) is 17.4 Å². The molecule has 0 aliphatic carbocycles. The maximum Gasteiger partial charge on any atom is 0.256 e. The summed E-state index contributed by atoms with van der Waals surface area (Å²) in [5.74, 6) is -1.99. The lowest BCUT2D eigenvalue weighted by molar-refractivity contribution is 0.0741. The summed E-state index contributed by atoms with van der Waals surface area (Å²) in [6, 6.07) is 21.3. The molecule has 0 saturated carbocycles. The molecule has 7 nitrogen and oxygen atoms in total. The molecule has 39 heavy (non-hydrogen) atoms. The van der Waals surface area contributed by atoms with Gasteiger partial charge in [0.25, 0.3) is 5.91 Å². The number of nitrogens with zero attached hydrogens (tertiary/aromatic N) is 6. The Hall–Kier alpha value is -4.47. The molecular weight excluding hydrogens is 498 g/mol. The summed E-state index contributed by atoms with van der Waals surface area (Å²) in [6.07, 6.45) is 0. The number of hydrogen-bond donors (Lipinski definition) is 0. The third-order valence-corrected chi connectivity index (χ3v) is 7.43. The minimum atomic E-state index is -0.864. The van der Waals surface area contributed by atoms with Crippen molar-refractivity contribution in [3.8, 4) is 12.1 Å². The van der Waals surface area contributed by atoms with Gasteiger partial charge in [-0.15, -0.1) is 0 Å². The minimum Gasteiger partial charge on any atom is -0.368 e. The number of carbonyl (C=O) groups excluding carboxylic acids is 1. The van der Waals surface area contributed by atoms with Crippen molar-refractivity contribution in [1.82, 2.24) is 9.80 Å². The Labute approximate surface area is 226 Å². The van der Waals surface area contributed by atoms with Gasteiger partial charge in [0.2, 0.25) is 0 Å². The van der Waals surface area contributed by atoms with Gasteiger partial charge in [0.15, 0.2) is 0 Å². The number of anilines is 2. The van der Waals surface area contributed by atoms with Crippen molar-refractivity contribution < 1.29 is 13.6 Å². The number of rotatable bonds is 5. The van der Waals surface area contributed by atoms with Crippen molar-refractivity contribution in [2.75, 3.05) is 62.2 Å². The average molecular weight is 527 g/mol. The van der Waals surface area contributed by atoms with Gasteiger partial charge in [0.05, 0.1) is 28.1 Å². The second-order valence-electron chi connectivity index (χ2n) is 9.72. The van der Waals surface area contributed by atoms with E-state index in [9.17, 15) is 24.1 Å². The van der Waals surface area contributed by atoms with Gasteiger partial charge in [-0.1, -0.05) is 24.3 Å². The first-order valence-electron chi connectivity index (χ1n) is 13.0. The second kappa shape index (κ2) is 11.5. The fraction of sp³-hybridized carbons (Fsp3) is 0.300. The smallest absolute Gasteiger partial charge is 0.256 e. The molecule has 2 aliphatic rings. The van der Waals surface area contributed by atoms with E-state index in [0.29, 0.717) is 63.5 Å². The molecule has 3 aromatic rings. The SMILES string of the molecule is N#Cc1ccccc1N1CCN(Cc2cc(C(=O)N3CCN(c4ccccc4C#N)CC3)c(F)cc2F)CC1. The zero-order valence-electron chi connectivity index (χ0n) is 21.5. The number of nitriles is 2. The Morgan fingerprint density at radius 1 is 0.718 bits per heavy atom. The van der Waals surface area contributed by atoms with Crippen LogP contribution in [0.3, 0.4) is 0 Å². The van der Waals surface area contributed by atoms with Crippen LogP contribution < -0.4 is 9.80 Å². The Morgan fingerprint density at radius 2 is 1.23 bits per heavy atom. The number of carbonyl (C=O) groups is 1. The van der Waals surface area contributed by atoms with Crippen molar-refractivity contribution in [2.45, 2.75) is 6.54 Å². The van der Waals surface area contributed by atoms with Crippen LogP contribution >= 0.6 is 0 Å². The molecule has 0 atom stereocenters. The topological polar surface area (TPSA) is 77.6 Å². The monoisotopic (exact) mass is 526 g/mol. The molecule has 0 N–H and O–H groups in total. The van der Waals surface area contributed by atoms with Crippen molar-refractivity contribution >= 4 is 17.3 Å². The van der Waals surface area contributed by atoms with Crippen LogP contribution in [0.25, 0.3) is 0 Å². The maximum absolute atomic E-state index is 14.8. The number of halogens is 2. The lowest BCUT2D eigenvalue weighted by Gasteiger charge is -2.37. The second-order valence-corrected chi connectivity index (χ2v) is 9.72. The van der Waals surface area contributed by atoms with Gasteiger partial charge in [-0.3, -0.25) is 9.69 Å². The highest BCUT2D eigenvalue weighted by atomic mass is 19.1. The zero-order chi connectivity index (χ0) is 27.4. The van der Waals surface area contributed by atoms with E-state index in [4.69, 9.17) is 0 Å². The number of amides is 1. The van der Waals surface area contributed by atoms with Gasteiger partial charge in [0, 0.05) is 70.5 Å². The van der Waals surface area contributed by atoms with Crippen molar-refractivity contribution in [3.63, 3.8) is 0 Å². The molecule has 0 spiro atoms. The van der Waals surface area contributed by atoms with Gasteiger partial charge in [-0.05, 0) is 30.3 Å². The van der Waals surface area contributed by atoms with Gasteiger partial charge < -0.3 is 14.7 Å².